The standard InChI is InChI=1S/C19H15F4N3O3/c20-12-5-10(6-13(21)18(12)28-4-3-17(22)23)16-8-29-19(27)26(16)11-1-2-14-15(7-11)25-9-24-14/h1-2,5-7,9,16-17H,3-4,8H2,(H,24,25)/t16-/m1/s1. The molecule has 0 saturated carbocycles. The molecule has 1 aliphatic rings. The molecule has 1 amide bonds. The number of rotatable bonds is 6. The third-order valence-electron chi connectivity index (χ3n) is 4.54. The molecule has 1 fully saturated rings. The molecule has 2 heterocycles. The van der Waals surface area contributed by atoms with E-state index in [1.165, 1.54) is 11.2 Å². The maximum Gasteiger partial charge on any atom is 0.415 e. The van der Waals surface area contributed by atoms with Gasteiger partial charge in [0.1, 0.15) is 6.61 Å². The quantitative estimate of drug-likeness (QED) is 0.606. The number of amides is 1. The second-order valence-electron chi connectivity index (χ2n) is 6.41. The van der Waals surface area contributed by atoms with Crippen molar-refractivity contribution in [2.75, 3.05) is 18.1 Å². The number of alkyl halides is 2. The van der Waals surface area contributed by atoms with Gasteiger partial charge in [-0.05, 0) is 35.9 Å². The van der Waals surface area contributed by atoms with Gasteiger partial charge >= 0.3 is 6.09 Å². The molecule has 1 aliphatic heterocycles. The minimum absolute atomic E-state index is 0.107. The highest BCUT2D eigenvalue weighted by molar-refractivity contribution is 5.93. The number of carbonyl (C=O) groups excluding carboxylic acids is 1. The number of halogens is 4. The average Bonchev–Trinajstić information content (AvgIpc) is 3.29. The van der Waals surface area contributed by atoms with Gasteiger partial charge in [0.25, 0.3) is 0 Å². The molecule has 0 radical (unpaired) electrons. The summed E-state index contributed by atoms with van der Waals surface area (Å²) in [7, 11) is 0. The van der Waals surface area contributed by atoms with Crippen molar-refractivity contribution in [3.05, 3.63) is 53.9 Å². The summed E-state index contributed by atoms with van der Waals surface area (Å²) in [6.45, 7) is -0.628. The molecule has 0 aliphatic carbocycles. The number of nitrogens with one attached hydrogen (secondary N) is 1. The van der Waals surface area contributed by atoms with Crippen LogP contribution in [0.2, 0.25) is 0 Å². The van der Waals surface area contributed by atoms with E-state index in [2.05, 4.69) is 9.97 Å². The van der Waals surface area contributed by atoms with Crippen LogP contribution >= 0.6 is 0 Å². The average molecular weight is 409 g/mol. The number of benzene rings is 2. The van der Waals surface area contributed by atoms with Crippen LogP contribution < -0.4 is 9.64 Å². The monoisotopic (exact) mass is 409 g/mol. The molecule has 6 nitrogen and oxygen atoms in total. The Kier molecular flexibility index (Phi) is 4.99. The lowest BCUT2D eigenvalue weighted by Gasteiger charge is -2.22. The highest BCUT2D eigenvalue weighted by atomic mass is 19.3. The normalized spacial score (nSPS) is 16.7. The van der Waals surface area contributed by atoms with Crippen molar-refractivity contribution in [1.82, 2.24) is 9.97 Å². The molecule has 1 N–H and O–H groups in total. The van der Waals surface area contributed by atoms with Crippen molar-refractivity contribution in [3.63, 3.8) is 0 Å². The Labute approximate surface area is 162 Å². The molecular weight excluding hydrogens is 394 g/mol. The molecule has 29 heavy (non-hydrogen) atoms. The number of imidazole rings is 1. The third kappa shape index (κ3) is 3.69. The van der Waals surface area contributed by atoms with Crippen molar-refractivity contribution in [2.24, 2.45) is 0 Å². The number of hydrogen-bond donors (Lipinski definition) is 1. The van der Waals surface area contributed by atoms with Crippen LogP contribution in [0.3, 0.4) is 0 Å². The molecule has 2 aromatic carbocycles. The highest BCUT2D eigenvalue weighted by Crippen LogP contribution is 2.36. The van der Waals surface area contributed by atoms with Gasteiger partial charge in [-0.1, -0.05) is 0 Å². The first-order valence-electron chi connectivity index (χ1n) is 8.73. The molecule has 4 rings (SSSR count). The molecule has 0 spiro atoms. The van der Waals surface area contributed by atoms with E-state index >= 15 is 0 Å². The first-order chi connectivity index (χ1) is 13.9. The molecule has 152 valence electrons. The fourth-order valence-corrected chi connectivity index (χ4v) is 3.19. The molecule has 3 aromatic rings. The zero-order chi connectivity index (χ0) is 20.5. The van der Waals surface area contributed by atoms with Crippen LogP contribution in [-0.4, -0.2) is 35.7 Å². The Balaban J connectivity index is 1.63. The zero-order valence-corrected chi connectivity index (χ0v) is 14.9. The zero-order valence-electron chi connectivity index (χ0n) is 14.9. The fourth-order valence-electron chi connectivity index (χ4n) is 3.19. The molecule has 10 heteroatoms. The van der Waals surface area contributed by atoms with E-state index in [4.69, 9.17) is 9.47 Å². The van der Waals surface area contributed by atoms with Gasteiger partial charge in [-0.3, -0.25) is 4.90 Å². The van der Waals surface area contributed by atoms with Crippen LogP contribution in [0.25, 0.3) is 11.0 Å². The number of aromatic nitrogens is 2. The fraction of sp³-hybridized carbons (Fsp3) is 0.263. The smallest absolute Gasteiger partial charge is 0.415 e. The first-order valence-corrected chi connectivity index (χ1v) is 8.73. The van der Waals surface area contributed by atoms with E-state index < -0.39 is 49.0 Å². The lowest BCUT2D eigenvalue weighted by atomic mass is 10.0. The largest absolute Gasteiger partial charge is 0.487 e. The summed E-state index contributed by atoms with van der Waals surface area (Å²) in [4.78, 5) is 20.6. The summed E-state index contributed by atoms with van der Waals surface area (Å²) in [5.41, 5.74) is 1.99. The number of hydrogen-bond acceptors (Lipinski definition) is 4. The summed E-state index contributed by atoms with van der Waals surface area (Å²) in [6.07, 6.45) is -2.43. The minimum atomic E-state index is -2.64. The Morgan fingerprint density at radius 1 is 1.24 bits per heavy atom. The number of H-pyrrole nitrogens is 1. The van der Waals surface area contributed by atoms with Crippen molar-refractivity contribution >= 4 is 22.8 Å². The molecule has 1 atom stereocenters. The predicted octanol–water partition coefficient (Wildman–Crippen LogP) is 4.57. The maximum absolute atomic E-state index is 14.4. The van der Waals surface area contributed by atoms with Crippen molar-refractivity contribution < 1.29 is 31.8 Å². The number of carbonyl (C=O) groups is 1. The summed E-state index contributed by atoms with van der Waals surface area (Å²) in [5.74, 6) is -2.82. The Hall–Kier alpha value is -3.30. The Morgan fingerprint density at radius 2 is 2.00 bits per heavy atom. The number of cyclic esters (lactones) is 1. The molecular formula is C19H15F4N3O3. The number of nitrogens with zero attached hydrogens (tertiary/aromatic N) is 2. The van der Waals surface area contributed by atoms with Gasteiger partial charge < -0.3 is 14.5 Å². The molecule has 0 unspecified atom stereocenters. The van der Waals surface area contributed by atoms with Crippen molar-refractivity contribution in [3.8, 4) is 5.75 Å². The van der Waals surface area contributed by atoms with E-state index in [-0.39, 0.29) is 12.2 Å². The molecule has 1 saturated heterocycles. The second-order valence-corrected chi connectivity index (χ2v) is 6.41. The van der Waals surface area contributed by atoms with Gasteiger partial charge in [-0.25, -0.2) is 27.3 Å². The van der Waals surface area contributed by atoms with E-state index in [1.54, 1.807) is 18.2 Å². The van der Waals surface area contributed by atoms with Gasteiger partial charge in [0.05, 0.1) is 35.7 Å². The number of anilines is 1. The van der Waals surface area contributed by atoms with Crippen LogP contribution in [0.4, 0.5) is 28.0 Å². The first kappa shape index (κ1) is 19.0. The van der Waals surface area contributed by atoms with Gasteiger partial charge in [0.2, 0.25) is 6.43 Å². The third-order valence-corrected chi connectivity index (χ3v) is 4.54. The predicted molar refractivity (Wildman–Crippen MR) is 95.1 cm³/mol. The van der Waals surface area contributed by atoms with Crippen LogP contribution in [0.1, 0.15) is 18.0 Å². The Morgan fingerprint density at radius 3 is 2.72 bits per heavy atom. The summed E-state index contributed by atoms with van der Waals surface area (Å²) in [5, 5.41) is 0. The topological polar surface area (TPSA) is 67.5 Å². The van der Waals surface area contributed by atoms with Gasteiger partial charge in [0.15, 0.2) is 17.4 Å². The van der Waals surface area contributed by atoms with Gasteiger partial charge in [0, 0.05) is 6.42 Å². The van der Waals surface area contributed by atoms with Crippen LogP contribution in [0.15, 0.2) is 36.7 Å². The maximum atomic E-state index is 14.4. The van der Waals surface area contributed by atoms with Crippen molar-refractivity contribution in [1.29, 1.82) is 0 Å². The van der Waals surface area contributed by atoms with Crippen LogP contribution in [0, 0.1) is 11.6 Å². The summed E-state index contributed by atoms with van der Waals surface area (Å²) >= 11 is 0. The summed E-state index contributed by atoms with van der Waals surface area (Å²) in [6, 6.07) is 6.27. The van der Waals surface area contributed by atoms with Gasteiger partial charge in [-0.2, -0.15) is 0 Å². The molecule has 1 aromatic heterocycles. The van der Waals surface area contributed by atoms with Gasteiger partial charge in [-0.15, -0.1) is 0 Å². The highest BCUT2D eigenvalue weighted by Gasteiger charge is 2.36. The second kappa shape index (κ2) is 7.61. The lowest BCUT2D eigenvalue weighted by Crippen LogP contribution is -2.27. The van der Waals surface area contributed by atoms with Crippen molar-refractivity contribution in [2.45, 2.75) is 18.9 Å². The number of fused-ring (bicyclic) bond motifs is 1. The Bertz CT molecular complexity index is 1030. The summed E-state index contributed by atoms with van der Waals surface area (Å²) < 4.78 is 63.0. The van der Waals surface area contributed by atoms with E-state index in [9.17, 15) is 22.4 Å². The van der Waals surface area contributed by atoms with E-state index in [0.717, 1.165) is 12.1 Å². The minimum Gasteiger partial charge on any atom is -0.487 e. The van der Waals surface area contributed by atoms with Crippen LogP contribution in [-0.2, 0) is 4.74 Å². The molecule has 0 bridgehead atoms. The van der Waals surface area contributed by atoms with E-state index in [0.29, 0.717) is 16.7 Å². The number of aromatic amines is 1. The van der Waals surface area contributed by atoms with E-state index in [1.807, 2.05) is 0 Å². The SMILES string of the molecule is O=C1OC[C@H](c2cc(F)c(OCCC(F)F)c(F)c2)N1c1ccc2nc[nH]c2c1. The lowest BCUT2D eigenvalue weighted by molar-refractivity contribution is 0.111. The van der Waals surface area contributed by atoms with Crippen LogP contribution in [0.5, 0.6) is 5.75 Å². The number of ether oxygens (including phenoxy) is 2.